The van der Waals surface area contributed by atoms with Gasteiger partial charge in [-0.3, -0.25) is 0 Å². The van der Waals surface area contributed by atoms with Crippen molar-refractivity contribution < 1.29 is 14.3 Å². The van der Waals surface area contributed by atoms with Crippen LogP contribution >= 0.6 is 0 Å². The third-order valence-corrected chi connectivity index (χ3v) is 1.70. The highest BCUT2D eigenvalue weighted by atomic mass is 16.7. The van der Waals surface area contributed by atoms with Crippen LogP contribution in [-0.4, -0.2) is 12.3 Å². The van der Waals surface area contributed by atoms with Gasteiger partial charge in [-0.1, -0.05) is 26.7 Å². The maximum atomic E-state index is 10.9. The van der Waals surface area contributed by atoms with Crippen LogP contribution in [0.5, 0.6) is 0 Å². The van der Waals surface area contributed by atoms with E-state index in [1.54, 1.807) is 6.92 Å². The Hall–Kier alpha value is -0.730. The van der Waals surface area contributed by atoms with Crippen molar-refractivity contribution in [2.75, 3.05) is 0 Å². The van der Waals surface area contributed by atoms with Crippen LogP contribution in [0.1, 0.15) is 46.5 Å². The second kappa shape index (κ2) is 7.90. The fourth-order valence-electron chi connectivity index (χ4n) is 1.17. The van der Waals surface area contributed by atoms with Crippen LogP contribution in [0.3, 0.4) is 0 Å². The van der Waals surface area contributed by atoms with Crippen LogP contribution in [-0.2, 0) is 9.47 Å². The molecular formula is C10H19O3. The Morgan fingerprint density at radius 2 is 1.85 bits per heavy atom. The topological polar surface area (TPSA) is 35.5 Å². The summed E-state index contributed by atoms with van der Waals surface area (Å²) < 4.78 is 9.66. The van der Waals surface area contributed by atoms with Gasteiger partial charge in [0.05, 0.1) is 0 Å². The number of hydrogen-bond donors (Lipinski definition) is 0. The maximum Gasteiger partial charge on any atom is 0.508 e. The standard InChI is InChI=1S/C10H19O3/c1-4-7-9(8-5-2)13-10(11)12-6-3/h6,9H,4-5,7-8H2,1-3H3. The molecule has 0 aromatic heterocycles. The number of ether oxygens (including phenoxy) is 2. The molecule has 0 rings (SSSR count). The van der Waals surface area contributed by atoms with Gasteiger partial charge in [0.2, 0.25) is 0 Å². The van der Waals surface area contributed by atoms with Crippen molar-refractivity contribution in [2.24, 2.45) is 0 Å². The molecule has 0 unspecified atom stereocenters. The van der Waals surface area contributed by atoms with Gasteiger partial charge in [-0.2, -0.15) is 0 Å². The van der Waals surface area contributed by atoms with E-state index in [0.29, 0.717) is 0 Å². The SMILES string of the molecule is C[CH]OC(=O)OC(CCC)CCC. The average molecular weight is 187 g/mol. The van der Waals surface area contributed by atoms with E-state index in [0.717, 1.165) is 25.7 Å². The van der Waals surface area contributed by atoms with Gasteiger partial charge in [0.1, 0.15) is 12.7 Å². The summed E-state index contributed by atoms with van der Waals surface area (Å²) in [5.74, 6) is 0. The third kappa shape index (κ3) is 6.43. The Balaban J connectivity index is 3.71. The smallest absolute Gasteiger partial charge is 0.431 e. The number of carbonyl (C=O) groups is 1. The molecule has 0 N–H and O–H groups in total. The van der Waals surface area contributed by atoms with Crippen LogP contribution in [0.4, 0.5) is 4.79 Å². The molecule has 13 heavy (non-hydrogen) atoms. The Morgan fingerprint density at radius 3 is 2.23 bits per heavy atom. The van der Waals surface area contributed by atoms with E-state index < -0.39 is 6.16 Å². The zero-order valence-corrected chi connectivity index (χ0v) is 8.71. The van der Waals surface area contributed by atoms with Crippen molar-refractivity contribution in [3.8, 4) is 0 Å². The molecule has 77 valence electrons. The molecule has 0 aliphatic carbocycles. The molecule has 0 aliphatic rings. The van der Waals surface area contributed by atoms with Crippen molar-refractivity contribution >= 4 is 6.16 Å². The maximum absolute atomic E-state index is 10.9. The molecule has 0 atom stereocenters. The van der Waals surface area contributed by atoms with E-state index in [1.807, 2.05) is 0 Å². The van der Waals surface area contributed by atoms with E-state index >= 15 is 0 Å². The monoisotopic (exact) mass is 187 g/mol. The Labute approximate surface area is 80.4 Å². The van der Waals surface area contributed by atoms with Gasteiger partial charge in [0.25, 0.3) is 0 Å². The molecule has 0 aromatic carbocycles. The first-order valence-corrected chi connectivity index (χ1v) is 4.89. The fourth-order valence-corrected chi connectivity index (χ4v) is 1.17. The van der Waals surface area contributed by atoms with Crippen LogP contribution in [0, 0.1) is 6.61 Å². The van der Waals surface area contributed by atoms with Gasteiger partial charge < -0.3 is 9.47 Å². The largest absolute Gasteiger partial charge is 0.508 e. The highest BCUT2D eigenvalue weighted by Crippen LogP contribution is 2.10. The van der Waals surface area contributed by atoms with Gasteiger partial charge in [-0.15, -0.1) is 0 Å². The normalized spacial score (nSPS) is 10.2. The summed E-state index contributed by atoms with van der Waals surface area (Å²) in [6.07, 6.45) is 3.29. The summed E-state index contributed by atoms with van der Waals surface area (Å²) in [6, 6.07) is 0. The summed E-state index contributed by atoms with van der Waals surface area (Å²) in [7, 11) is 0. The molecule has 0 fully saturated rings. The molecule has 0 bridgehead atoms. The quantitative estimate of drug-likeness (QED) is 0.598. The van der Waals surface area contributed by atoms with Crippen molar-refractivity contribution in [1.29, 1.82) is 0 Å². The Bertz CT molecular complexity index is 128. The highest BCUT2D eigenvalue weighted by Gasteiger charge is 2.12. The Kier molecular flexibility index (Phi) is 7.45. The van der Waals surface area contributed by atoms with Crippen LogP contribution in [0.2, 0.25) is 0 Å². The molecule has 3 heteroatoms. The first-order chi connectivity index (χ1) is 6.24. The van der Waals surface area contributed by atoms with Crippen molar-refractivity contribution in [2.45, 2.75) is 52.6 Å². The van der Waals surface area contributed by atoms with Gasteiger partial charge in [-0.05, 0) is 19.8 Å². The second-order valence-corrected chi connectivity index (χ2v) is 2.92. The molecule has 0 saturated carbocycles. The number of rotatable bonds is 6. The van der Waals surface area contributed by atoms with E-state index in [1.165, 1.54) is 6.61 Å². The molecular weight excluding hydrogens is 168 g/mol. The molecule has 1 radical (unpaired) electrons. The summed E-state index contributed by atoms with van der Waals surface area (Å²) in [6.45, 7) is 7.12. The van der Waals surface area contributed by atoms with Gasteiger partial charge >= 0.3 is 6.16 Å². The molecule has 0 saturated heterocycles. The summed E-state index contributed by atoms with van der Waals surface area (Å²) in [5, 5.41) is 0. The third-order valence-electron chi connectivity index (χ3n) is 1.70. The van der Waals surface area contributed by atoms with Crippen LogP contribution in [0.15, 0.2) is 0 Å². The minimum Gasteiger partial charge on any atom is -0.431 e. The average Bonchev–Trinajstić information content (AvgIpc) is 2.05. The molecule has 0 spiro atoms. The van der Waals surface area contributed by atoms with Gasteiger partial charge in [-0.25, -0.2) is 4.79 Å². The van der Waals surface area contributed by atoms with Crippen molar-refractivity contribution in [1.82, 2.24) is 0 Å². The number of carbonyl (C=O) groups excluding carboxylic acids is 1. The predicted octanol–water partition coefficient (Wildman–Crippen LogP) is 3.29. The molecule has 0 aromatic rings. The first kappa shape index (κ1) is 12.3. The zero-order chi connectivity index (χ0) is 10.1. The lowest BCUT2D eigenvalue weighted by Gasteiger charge is -2.15. The number of hydrogen-bond acceptors (Lipinski definition) is 3. The van der Waals surface area contributed by atoms with Crippen LogP contribution in [0.25, 0.3) is 0 Å². The Morgan fingerprint density at radius 1 is 1.31 bits per heavy atom. The minimum absolute atomic E-state index is 0.0162. The van der Waals surface area contributed by atoms with E-state index in [4.69, 9.17) is 4.74 Å². The molecule has 0 aliphatic heterocycles. The predicted molar refractivity (Wildman–Crippen MR) is 51.1 cm³/mol. The van der Waals surface area contributed by atoms with Crippen LogP contribution < -0.4 is 0 Å². The van der Waals surface area contributed by atoms with E-state index in [-0.39, 0.29) is 6.10 Å². The summed E-state index contributed by atoms with van der Waals surface area (Å²) in [5.41, 5.74) is 0. The highest BCUT2D eigenvalue weighted by molar-refractivity contribution is 5.60. The zero-order valence-electron chi connectivity index (χ0n) is 8.71. The van der Waals surface area contributed by atoms with Gasteiger partial charge in [0.15, 0.2) is 0 Å². The van der Waals surface area contributed by atoms with E-state index in [9.17, 15) is 4.79 Å². The lowest BCUT2D eigenvalue weighted by molar-refractivity contribution is 0.0319. The van der Waals surface area contributed by atoms with Crippen molar-refractivity contribution in [3.63, 3.8) is 0 Å². The minimum atomic E-state index is -0.589. The molecule has 3 nitrogen and oxygen atoms in total. The first-order valence-electron chi connectivity index (χ1n) is 4.89. The lowest BCUT2D eigenvalue weighted by Crippen LogP contribution is -2.17. The fraction of sp³-hybridized carbons (Fsp3) is 0.800. The summed E-state index contributed by atoms with van der Waals surface area (Å²) in [4.78, 5) is 10.9. The summed E-state index contributed by atoms with van der Waals surface area (Å²) >= 11 is 0. The molecule has 0 heterocycles. The van der Waals surface area contributed by atoms with E-state index in [2.05, 4.69) is 18.6 Å². The second-order valence-electron chi connectivity index (χ2n) is 2.92. The molecule has 0 amide bonds. The van der Waals surface area contributed by atoms with Crippen molar-refractivity contribution in [3.05, 3.63) is 6.61 Å². The lowest BCUT2D eigenvalue weighted by atomic mass is 10.1. The van der Waals surface area contributed by atoms with Gasteiger partial charge in [0, 0.05) is 0 Å².